The average Bonchev–Trinajstić information content (AvgIpc) is 3.34. The highest BCUT2D eigenvalue weighted by molar-refractivity contribution is 5.91. The molecular weight excluding hydrogens is 472 g/mol. The summed E-state index contributed by atoms with van der Waals surface area (Å²) in [6, 6.07) is 28.4. The number of hydrogen-bond donors (Lipinski definition) is 1. The molecule has 0 radical (unpaired) electrons. The summed E-state index contributed by atoms with van der Waals surface area (Å²) in [7, 11) is 0. The third-order valence-corrected chi connectivity index (χ3v) is 7.07. The van der Waals surface area contributed by atoms with Crippen LogP contribution in [-0.2, 0) is 9.53 Å². The van der Waals surface area contributed by atoms with Gasteiger partial charge in [0.25, 0.3) is 0 Å². The number of esters is 1. The first-order chi connectivity index (χ1) is 18.7. The largest absolute Gasteiger partial charge is 0.460 e. The SMILES string of the molecule is CCCCCCC[C@H](Nc1ccccc1)[C@@H]1C=CC(=O)N1[C@@H](COC(=O)c1ccccc1)c1ccccc1. The zero-order chi connectivity index (χ0) is 26.6. The molecule has 3 atom stereocenters. The van der Waals surface area contributed by atoms with E-state index in [0.717, 1.165) is 24.1 Å². The number of hydrogen-bond acceptors (Lipinski definition) is 4. The highest BCUT2D eigenvalue weighted by Gasteiger charge is 2.38. The van der Waals surface area contributed by atoms with E-state index < -0.39 is 12.0 Å². The molecular formula is C33H38N2O3. The number of unbranched alkanes of at least 4 members (excludes halogenated alkanes) is 4. The predicted molar refractivity (Wildman–Crippen MR) is 153 cm³/mol. The minimum absolute atomic E-state index is 0.0257. The number of carbonyl (C=O) groups is 2. The Morgan fingerprint density at radius 1 is 0.868 bits per heavy atom. The lowest BCUT2D eigenvalue weighted by Crippen LogP contribution is -2.48. The zero-order valence-electron chi connectivity index (χ0n) is 22.2. The maximum absolute atomic E-state index is 13.4. The fourth-order valence-corrected chi connectivity index (χ4v) is 5.07. The Balaban J connectivity index is 1.57. The molecule has 0 fully saturated rings. The summed E-state index contributed by atoms with van der Waals surface area (Å²) in [5, 5.41) is 3.71. The Labute approximate surface area is 226 Å². The minimum Gasteiger partial charge on any atom is -0.460 e. The van der Waals surface area contributed by atoms with Gasteiger partial charge in [-0.3, -0.25) is 4.79 Å². The number of benzene rings is 3. The molecule has 3 aromatic rings. The molecule has 1 heterocycles. The minimum atomic E-state index is -0.406. The summed E-state index contributed by atoms with van der Waals surface area (Å²) in [4.78, 5) is 28.1. The van der Waals surface area contributed by atoms with Gasteiger partial charge in [0.15, 0.2) is 0 Å². The van der Waals surface area contributed by atoms with E-state index in [4.69, 9.17) is 4.74 Å². The molecule has 0 bridgehead atoms. The van der Waals surface area contributed by atoms with Crippen molar-refractivity contribution in [2.75, 3.05) is 11.9 Å². The van der Waals surface area contributed by atoms with Crippen LogP contribution in [0, 0.1) is 0 Å². The van der Waals surface area contributed by atoms with Gasteiger partial charge in [-0.2, -0.15) is 0 Å². The maximum Gasteiger partial charge on any atom is 0.338 e. The zero-order valence-corrected chi connectivity index (χ0v) is 22.2. The van der Waals surface area contributed by atoms with Crippen molar-refractivity contribution in [3.05, 3.63) is 114 Å². The number of ether oxygens (including phenoxy) is 1. The molecule has 3 aromatic carbocycles. The number of nitrogens with zero attached hydrogens (tertiary/aromatic N) is 1. The molecule has 1 aliphatic heterocycles. The molecule has 0 aliphatic carbocycles. The lowest BCUT2D eigenvalue weighted by atomic mass is 9.97. The fourth-order valence-electron chi connectivity index (χ4n) is 5.07. The molecule has 0 saturated heterocycles. The van der Waals surface area contributed by atoms with E-state index in [1.54, 1.807) is 18.2 Å². The van der Waals surface area contributed by atoms with Gasteiger partial charge in [0, 0.05) is 11.8 Å². The monoisotopic (exact) mass is 510 g/mol. The van der Waals surface area contributed by atoms with E-state index in [1.165, 1.54) is 25.7 Å². The van der Waals surface area contributed by atoms with Crippen LogP contribution in [0.25, 0.3) is 0 Å². The van der Waals surface area contributed by atoms with Crippen LogP contribution in [-0.4, -0.2) is 35.5 Å². The van der Waals surface area contributed by atoms with Crippen LogP contribution in [0.3, 0.4) is 0 Å². The van der Waals surface area contributed by atoms with Gasteiger partial charge in [0.05, 0.1) is 23.7 Å². The van der Waals surface area contributed by atoms with Crippen LogP contribution < -0.4 is 5.32 Å². The normalized spacial score (nSPS) is 16.3. The van der Waals surface area contributed by atoms with Crippen LogP contribution >= 0.6 is 0 Å². The van der Waals surface area contributed by atoms with Gasteiger partial charge in [0.2, 0.25) is 5.91 Å². The molecule has 4 rings (SSSR count). The van der Waals surface area contributed by atoms with Crippen molar-refractivity contribution in [3.8, 4) is 0 Å². The van der Waals surface area contributed by atoms with Crippen LogP contribution in [0.1, 0.15) is 67.4 Å². The third-order valence-electron chi connectivity index (χ3n) is 7.07. The van der Waals surface area contributed by atoms with E-state index in [-0.39, 0.29) is 24.6 Å². The average molecular weight is 511 g/mol. The van der Waals surface area contributed by atoms with Gasteiger partial charge in [-0.05, 0) is 36.2 Å². The van der Waals surface area contributed by atoms with Crippen LogP contribution in [0.2, 0.25) is 0 Å². The van der Waals surface area contributed by atoms with Gasteiger partial charge in [-0.25, -0.2) is 4.79 Å². The van der Waals surface area contributed by atoms with Crippen molar-refractivity contribution in [1.82, 2.24) is 4.90 Å². The second-order valence-corrected chi connectivity index (χ2v) is 9.81. The van der Waals surface area contributed by atoms with Crippen molar-refractivity contribution in [2.24, 2.45) is 0 Å². The van der Waals surface area contributed by atoms with E-state index in [2.05, 4.69) is 24.4 Å². The lowest BCUT2D eigenvalue weighted by molar-refractivity contribution is -0.130. The second-order valence-electron chi connectivity index (χ2n) is 9.81. The molecule has 1 amide bonds. The number of anilines is 1. The maximum atomic E-state index is 13.4. The standard InChI is InChI=1S/C33H38N2O3/c1-2-3-4-5-15-22-29(34-28-20-13-8-14-21-28)30-23-24-32(36)35(30)31(26-16-9-6-10-17-26)25-38-33(37)27-18-11-7-12-19-27/h6-14,16-21,23-24,29-31,34H,2-5,15,22,25H2,1H3/t29-,30-,31-/m0/s1. The fraction of sp³-hybridized carbons (Fsp3) is 0.333. The summed E-state index contributed by atoms with van der Waals surface area (Å²) in [5.74, 6) is -0.456. The molecule has 198 valence electrons. The highest BCUT2D eigenvalue weighted by atomic mass is 16.5. The third kappa shape index (κ3) is 7.34. The number of amides is 1. The molecule has 0 spiro atoms. The van der Waals surface area contributed by atoms with Crippen molar-refractivity contribution in [2.45, 2.75) is 63.6 Å². The van der Waals surface area contributed by atoms with Gasteiger partial charge in [0.1, 0.15) is 6.61 Å². The molecule has 0 unspecified atom stereocenters. The summed E-state index contributed by atoms with van der Waals surface area (Å²) in [5.41, 5.74) is 2.47. The quantitative estimate of drug-likeness (QED) is 0.184. The molecule has 1 N–H and O–H groups in total. The summed E-state index contributed by atoms with van der Waals surface area (Å²) in [6.45, 7) is 2.30. The summed E-state index contributed by atoms with van der Waals surface area (Å²) < 4.78 is 5.80. The molecule has 5 nitrogen and oxygen atoms in total. The first-order valence-electron chi connectivity index (χ1n) is 13.8. The molecule has 1 aliphatic rings. The van der Waals surface area contributed by atoms with Gasteiger partial charge >= 0.3 is 5.97 Å². The Hall–Kier alpha value is -3.86. The first-order valence-corrected chi connectivity index (χ1v) is 13.8. The van der Waals surface area contributed by atoms with Crippen molar-refractivity contribution < 1.29 is 14.3 Å². The van der Waals surface area contributed by atoms with E-state index in [9.17, 15) is 9.59 Å². The van der Waals surface area contributed by atoms with E-state index >= 15 is 0 Å². The van der Waals surface area contributed by atoms with Crippen molar-refractivity contribution in [3.63, 3.8) is 0 Å². The number of rotatable bonds is 14. The summed E-state index contributed by atoms with van der Waals surface area (Å²) >= 11 is 0. The molecule has 38 heavy (non-hydrogen) atoms. The highest BCUT2D eigenvalue weighted by Crippen LogP contribution is 2.32. The Morgan fingerprint density at radius 2 is 1.50 bits per heavy atom. The Kier molecular flexibility index (Phi) is 10.1. The molecule has 0 saturated carbocycles. The van der Waals surface area contributed by atoms with Crippen LogP contribution in [0.5, 0.6) is 0 Å². The second kappa shape index (κ2) is 14.2. The van der Waals surface area contributed by atoms with Crippen LogP contribution in [0.4, 0.5) is 5.69 Å². The van der Waals surface area contributed by atoms with Gasteiger partial charge in [-0.1, -0.05) is 112 Å². The van der Waals surface area contributed by atoms with E-state index in [0.29, 0.717) is 5.56 Å². The molecule has 5 heteroatoms. The smallest absolute Gasteiger partial charge is 0.338 e. The Morgan fingerprint density at radius 3 is 2.18 bits per heavy atom. The van der Waals surface area contributed by atoms with E-state index in [1.807, 2.05) is 77.7 Å². The topological polar surface area (TPSA) is 58.6 Å². The van der Waals surface area contributed by atoms with Gasteiger partial charge in [-0.15, -0.1) is 0 Å². The lowest BCUT2D eigenvalue weighted by Gasteiger charge is -2.38. The predicted octanol–water partition coefficient (Wildman–Crippen LogP) is 7.19. The Bertz CT molecular complexity index is 1160. The van der Waals surface area contributed by atoms with Crippen molar-refractivity contribution >= 4 is 17.6 Å². The molecule has 0 aromatic heterocycles. The van der Waals surface area contributed by atoms with Crippen LogP contribution in [0.15, 0.2) is 103 Å². The number of nitrogens with one attached hydrogen (secondary N) is 1. The summed E-state index contributed by atoms with van der Waals surface area (Å²) in [6.07, 6.45) is 10.5. The number of carbonyl (C=O) groups excluding carboxylic acids is 2. The number of para-hydroxylation sites is 1. The van der Waals surface area contributed by atoms with Crippen molar-refractivity contribution in [1.29, 1.82) is 0 Å². The van der Waals surface area contributed by atoms with Gasteiger partial charge < -0.3 is 15.0 Å². The first kappa shape index (κ1) is 27.2.